The molecule has 0 unspecified atom stereocenters. The van der Waals surface area contributed by atoms with Crippen LogP contribution in [-0.2, 0) is 9.53 Å². The van der Waals surface area contributed by atoms with Gasteiger partial charge in [0.2, 0.25) is 0 Å². The van der Waals surface area contributed by atoms with Gasteiger partial charge >= 0.3 is 5.97 Å². The minimum atomic E-state index is -0.220. The largest absolute Gasteiger partial charge is 0.463 e. The highest BCUT2D eigenvalue weighted by molar-refractivity contribution is 5.81. The summed E-state index contributed by atoms with van der Waals surface area (Å²) in [4.78, 5) is 11.0. The van der Waals surface area contributed by atoms with Gasteiger partial charge in [-0.25, -0.2) is 4.79 Å². The van der Waals surface area contributed by atoms with Crippen LogP contribution in [0.15, 0.2) is 12.2 Å². The van der Waals surface area contributed by atoms with Crippen LogP contribution < -0.4 is 0 Å². The van der Waals surface area contributed by atoms with Crippen molar-refractivity contribution >= 4 is 5.97 Å². The topological polar surface area (TPSA) is 26.3 Å². The summed E-state index contributed by atoms with van der Waals surface area (Å²) in [6.07, 6.45) is 15.6. The van der Waals surface area contributed by atoms with Gasteiger partial charge in [-0.3, -0.25) is 0 Å². The van der Waals surface area contributed by atoms with E-state index in [4.69, 9.17) is 4.74 Å². The first-order chi connectivity index (χ1) is 8.81. The Bertz CT molecular complexity index is 209. The third-order valence-corrected chi connectivity index (χ3v) is 2.94. The normalized spacial score (nSPS) is 11.0. The average Bonchev–Trinajstić information content (AvgIpc) is 2.36. The minimum Gasteiger partial charge on any atom is -0.463 e. The highest BCUT2D eigenvalue weighted by Gasteiger charge is 1.96. The molecule has 0 aromatic rings. The number of hydrogen-bond acceptors (Lipinski definition) is 2. The van der Waals surface area contributed by atoms with Gasteiger partial charge in [0.05, 0.1) is 6.61 Å². The summed E-state index contributed by atoms with van der Waals surface area (Å²) in [6.45, 7) is 6.23. The maximum Gasteiger partial charge on any atom is 0.330 e. The van der Waals surface area contributed by atoms with Crippen molar-refractivity contribution in [3.8, 4) is 0 Å². The summed E-state index contributed by atoms with van der Waals surface area (Å²) < 4.78 is 5.02. The summed E-state index contributed by atoms with van der Waals surface area (Å²) in [6, 6.07) is 0. The molecular formula is C16H29O2. The molecule has 0 saturated heterocycles. The van der Waals surface area contributed by atoms with Gasteiger partial charge in [-0.2, -0.15) is 0 Å². The lowest BCUT2D eigenvalue weighted by Crippen LogP contribution is -2.01. The zero-order valence-corrected chi connectivity index (χ0v) is 12.0. The molecular weight excluding hydrogens is 224 g/mol. The molecule has 2 heteroatoms. The monoisotopic (exact) mass is 253 g/mol. The molecule has 0 aromatic heterocycles. The second-order valence-electron chi connectivity index (χ2n) is 4.70. The SMILES string of the molecule is [CH2]CCCCCCCCCCCOC(=O)C=CC. The molecule has 0 aromatic carbocycles. The van der Waals surface area contributed by atoms with Gasteiger partial charge in [-0.1, -0.05) is 70.8 Å². The first kappa shape index (κ1) is 17.2. The fraction of sp³-hybridized carbons (Fsp3) is 0.750. The molecule has 2 nitrogen and oxygen atoms in total. The zero-order chi connectivity index (χ0) is 13.5. The Morgan fingerprint density at radius 3 is 1.94 bits per heavy atom. The van der Waals surface area contributed by atoms with E-state index in [0.717, 1.165) is 12.8 Å². The standard InChI is InChI=1S/C16H29O2/c1-3-5-6-7-8-9-10-11-12-13-15-18-16(17)14-4-2/h4,14H,1,3,5-13,15H2,2H3. The van der Waals surface area contributed by atoms with E-state index in [1.807, 2.05) is 6.92 Å². The van der Waals surface area contributed by atoms with Crippen LogP contribution in [0.3, 0.4) is 0 Å². The summed E-state index contributed by atoms with van der Waals surface area (Å²) >= 11 is 0. The van der Waals surface area contributed by atoms with Gasteiger partial charge in [0.15, 0.2) is 0 Å². The maximum absolute atomic E-state index is 11.0. The number of rotatable bonds is 12. The second-order valence-corrected chi connectivity index (χ2v) is 4.70. The third-order valence-electron chi connectivity index (χ3n) is 2.94. The number of carbonyl (C=O) groups excluding carboxylic acids is 1. The van der Waals surface area contributed by atoms with Crippen molar-refractivity contribution in [2.75, 3.05) is 6.61 Å². The molecule has 0 saturated carbocycles. The van der Waals surface area contributed by atoms with Gasteiger partial charge in [0, 0.05) is 6.08 Å². The number of unbranched alkanes of at least 4 members (excludes halogenated alkanes) is 9. The van der Waals surface area contributed by atoms with Crippen LogP contribution in [0.25, 0.3) is 0 Å². The molecule has 0 bridgehead atoms. The van der Waals surface area contributed by atoms with Crippen molar-refractivity contribution in [3.63, 3.8) is 0 Å². The highest BCUT2D eigenvalue weighted by Crippen LogP contribution is 2.10. The first-order valence-electron chi connectivity index (χ1n) is 7.40. The molecule has 0 heterocycles. The van der Waals surface area contributed by atoms with E-state index in [0.29, 0.717) is 6.61 Å². The van der Waals surface area contributed by atoms with Crippen LogP contribution in [0.1, 0.15) is 71.1 Å². The van der Waals surface area contributed by atoms with Gasteiger partial charge in [-0.15, -0.1) is 0 Å². The molecule has 0 rings (SSSR count). The molecule has 0 amide bonds. The van der Waals surface area contributed by atoms with E-state index in [-0.39, 0.29) is 5.97 Å². The van der Waals surface area contributed by atoms with Crippen molar-refractivity contribution in [3.05, 3.63) is 19.1 Å². The third kappa shape index (κ3) is 13.3. The number of hydrogen-bond donors (Lipinski definition) is 0. The van der Waals surface area contributed by atoms with E-state index in [1.165, 1.54) is 57.4 Å². The lowest BCUT2D eigenvalue weighted by atomic mass is 10.1. The molecule has 0 fully saturated rings. The first-order valence-corrected chi connectivity index (χ1v) is 7.40. The van der Waals surface area contributed by atoms with Gasteiger partial charge in [-0.05, 0) is 13.3 Å². The molecule has 0 spiro atoms. The van der Waals surface area contributed by atoms with E-state index in [1.54, 1.807) is 6.08 Å². The van der Waals surface area contributed by atoms with Crippen LogP contribution in [0.5, 0.6) is 0 Å². The predicted molar refractivity (Wildman–Crippen MR) is 77.3 cm³/mol. The summed E-state index contributed by atoms with van der Waals surface area (Å²) in [5, 5.41) is 0. The molecule has 105 valence electrons. The van der Waals surface area contributed by atoms with Gasteiger partial charge < -0.3 is 4.74 Å². The van der Waals surface area contributed by atoms with E-state index >= 15 is 0 Å². The second kappa shape index (κ2) is 14.3. The van der Waals surface area contributed by atoms with Crippen molar-refractivity contribution < 1.29 is 9.53 Å². The van der Waals surface area contributed by atoms with Gasteiger partial charge in [0.1, 0.15) is 0 Å². The molecule has 0 aliphatic heterocycles. The smallest absolute Gasteiger partial charge is 0.330 e. The summed E-state index contributed by atoms with van der Waals surface area (Å²) in [7, 11) is 0. The van der Waals surface area contributed by atoms with E-state index in [2.05, 4.69) is 6.92 Å². The van der Waals surface area contributed by atoms with E-state index in [9.17, 15) is 4.79 Å². The highest BCUT2D eigenvalue weighted by atomic mass is 16.5. The van der Waals surface area contributed by atoms with Crippen LogP contribution in [0.4, 0.5) is 0 Å². The van der Waals surface area contributed by atoms with E-state index < -0.39 is 0 Å². The quantitative estimate of drug-likeness (QED) is 0.282. The fourth-order valence-corrected chi connectivity index (χ4v) is 1.87. The van der Waals surface area contributed by atoms with Crippen LogP contribution in [0.2, 0.25) is 0 Å². The number of ether oxygens (including phenoxy) is 1. The summed E-state index contributed by atoms with van der Waals surface area (Å²) in [5.41, 5.74) is 0. The van der Waals surface area contributed by atoms with Gasteiger partial charge in [0.25, 0.3) is 0 Å². The Morgan fingerprint density at radius 1 is 0.944 bits per heavy atom. The maximum atomic E-state index is 11.0. The Kier molecular flexibility index (Phi) is 13.6. The van der Waals surface area contributed by atoms with Crippen molar-refractivity contribution in [2.24, 2.45) is 0 Å². The van der Waals surface area contributed by atoms with Crippen molar-refractivity contribution in [1.82, 2.24) is 0 Å². The fourth-order valence-electron chi connectivity index (χ4n) is 1.87. The molecule has 1 radical (unpaired) electrons. The van der Waals surface area contributed by atoms with Crippen molar-refractivity contribution in [1.29, 1.82) is 0 Å². The van der Waals surface area contributed by atoms with Crippen LogP contribution in [0, 0.1) is 6.92 Å². The Balaban J connectivity index is 3.05. The summed E-state index contributed by atoms with van der Waals surface area (Å²) in [5.74, 6) is -0.220. The molecule has 0 atom stereocenters. The molecule has 0 N–H and O–H groups in total. The Labute approximate surface area is 113 Å². The number of allylic oxidation sites excluding steroid dienone is 1. The average molecular weight is 253 g/mol. The minimum absolute atomic E-state index is 0.220. The molecule has 18 heavy (non-hydrogen) atoms. The number of esters is 1. The number of carbonyl (C=O) groups is 1. The predicted octanol–water partition coefficient (Wildman–Crippen LogP) is 4.84. The molecule has 0 aliphatic rings. The Hall–Kier alpha value is -0.790. The zero-order valence-electron chi connectivity index (χ0n) is 12.0. The lowest BCUT2D eigenvalue weighted by molar-refractivity contribution is -0.137. The Morgan fingerprint density at radius 2 is 1.44 bits per heavy atom. The van der Waals surface area contributed by atoms with Crippen LogP contribution >= 0.6 is 0 Å². The van der Waals surface area contributed by atoms with Crippen molar-refractivity contribution in [2.45, 2.75) is 71.1 Å². The lowest BCUT2D eigenvalue weighted by Gasteiger charge is -2.03. The molecule has 0 aliphatic carbocycles. The van der Waals surface area contributed by atoms with Crippen LogP contribution in [-0.4, -0.2) is 12.6 Å².